The van der Waals surface area contributed by atoms with E-state index in [4.69, 9.17) is 14.2 Å². The van der Waals surface area contributed by atoms with Crippen molar-refractivity contribution in [1.82, 2.24) is 5.32 Å². The van der Waals surface area contributed by atoms with Crippen LogP contribution >= 0.6 is 0 Å². The highest BCUT2D eigenvalue weighted by atomic mass is 16.5. The van der Waals surface area contributed by atoms with Crippen LogP contribution in [0.25, 0.3) is 0 Å². The average molecular weight is 401 g/mol. The molecule has 0 aliphatic heterocycles. The minimum Gasteiger partial charge on any atom is -0.494 e. The molecule has 0 fully saturated rings. The van der Waals surface area contributed by atoms with Crippen LogP contribution < -0.4 is 19.5 Å². The molecule has 0 spiro atoms. The van der Waals surface area contributed by atoms with Gasteiger partial charge in [0.15, 0.2) is 11.5 Å². The summed E-state index contributed by atoms with van der Waals surface area (Å²) in [7, 11) is 3.07. The Morgan fingerprint density at radius 2 is 1.72 bits per heavy atom. The van der Waals surface area contributed by atoms with Gasteiger partial charge >= 0.3 is 5.97 Å². The van der Waals surface area contributed by atoms with Crippen molar-refractivity contribution in [2.75, 3.05) is 20.8 Å². The van der Waals surface area contributed by atoms with Crippen molar-refractivity contribution in [3.8, 4) is 17.2 Å². The van der Waals surface area contributed by atoms with Gasteiger partial charge in [0.1, 0.15) is 5.75 Å². The van der Waals surface area contributed by atoms with Gasteiger partial charge in [-0.2, -0.15) is 0 Å². The molecule has 0 radical (unpaired) electrons. The van der Waals surface area contributed by atoms with Crippen molar-refractivity contribution in [3.05, 3.63) is 53.6 Å². The number of nitrogens with one attached hydrogen (secondary N) is 1. The Labute approximate surface area is 170 Å². The van der Waals surface area contributed by atoms with Gasteiger partial charge in [-0.3, -0.25) is 9.59 Å². The highest BCUT2D eigenvalue weighted by Gasteiger charge is 2.19. The van der Waals surface area contributed by atoms with Crippen LogP contribution in [-0.4, -0.2) is 37.8 Å². The van der Waals surface area contributed by atoms with E-state index in [-0.39, 0.29) is 18.7 Å². The number of carbonyl (C=O) groups excluding carboxylic acids is 1. The third-order valence-corrected chi connectivity index (χ3v) is 4.28. The number of carboxylic acid groups (broad SMARTS) is 1. The molecule has 7 nitrogen and oxygen atoms in total. The zero-order chi connectivity index (χ0) is 21.2. The van der Waals surface area contributed by atoms with E-state index in [1.54, 1.807) is 49.6 Å². The molecule has 2 aromatic rings. The van der Waals surface area contributed by atoms with Crippen molar-refractivity contribution >= 4 is 11.9 Å². The normalized spacial score (nSPS) is 11.4. The summed E-state index contributed by atoms with van der Waals surface area (Å²) >= 11 is 0. The molecule has 0 heterocycles. The minimum absolute atomic E-state index is 0.0914. The fourth-order valence-electron chi connectivity index (χ4n) is 2.86. The highest BCUT2D eigenvalue weighted by Crippen LogP contribution is 2.28. The van der Waals surface area contributed by atoms with Crippen LogP contribution in [0.5, 0.6) is 17.2 Å². The zero-order valence-electron chi connectivity index (χ0n) is 16.9. The molecule has 1 atom stereocenters. The van der Waals surface area contributed by atoms with Gasteiger partial charge in [0.2, 0.25) is 5.91 Å². The molecule has 0 bridgehead atoms. The van der Waals surface area contributed by atoms with Crippen molar-refractivity contribution in [3.63, 3.8) is 0 Å². The van der Waals surface area contributed by atoms with Crippen molar-refractivity contribution < 1.29 is 28.9 Å². The lowest BCUT2D eigenvalue weighted by Gasteiger charge is -2.18. The van der Waals surface area contributed by atoms with Gasteiger partial charge in [0, 0.05) is 0 Å². The van der Waals surface area contributed by atoms with Gasteiger partial charge in [-0.25, -0.2) is 0 Å². The number of carbonyl (C=O) groups is 2. The van der Waals surface area contributed by atoms with Crippen molar-refractivity contribution in [2.24, 2.45) is 0 Å². The molecule has 0 aromatic heterocycles. The second kappa shape index (κ2) is 10.9. The first-order valence-corrected chi connectivity index (χ1v) is 9.41. The lowest BCUT2D eigenvalue weighted by molar-refractivity contribution is -0.137. The van der Waals surface area contributed by atoms with Gasteiger partial charge in [-0.1, -0.05) is 25.1 Å². The van der Waals surface area contributed by atoms with Crippen LogP contribution in [0, 0.1) is 0 Å². The molecule has 2 aromatic carbocycles. The summed E-state index contributed by atoms with van der Waals surface area (Å²) in [6.07, 6.45) is 0.774. The molecule has 1 amide bonds. The molecule has 7 heteroatoms. The van der Waals surface area contributed by atoms with E-state index < -0.39 is 12.0 Å². The molecule has 29 heavy (non-hydrogen) atoms. The maximum absolute atomic E-state index is 12.5. The Kier molecular flexibility index (Phi) is 8.33. The van der Waals surface area contributed by atoms with Gasteiger partial charge < -0.3 is 24.6 Å². The molecule has 0 saturated heterocycles. The van der Waals surface area contributed by atoms with E-state index in [0.29, 0.717) is 29.4 Å². The number of benzene rings is 2. The molecule has 2 rings (SSSR count). The summed E-state index contributed by atoms with van der Waals surface area (Å²) in [6, 6.07) is 11.7. The summed E-state index contributed by atoms with van der Waals surface area (Å²) < 4.78 is 16.0. The van der Waals surface area contributed by atoms with E-state index in [1.165, 1.54) is 7.11 Å². The number of hydrogen-bond acceptors (Lipinski definition) is 5. The Morgan fingerprint density at radius 1 is 1.03 bits per heavy atom. The Morgan fingerprint density at radius 3 is 2.31 bits per heavy atom. The second-order valence-electron chi connectivity index (χ2n) is 6.50. The predicted octanol–water partition coefficient (Wildman–Crippen LogP) is 3.37. The molecular formula is C22H27NO6. The van der Waals surface area contributed by atoms with E-state index in [9.17, 15) is 14.7 Å². The van der Waals surface area contributed by atoms with Crippen LogP contribution in [0.1, 0.15) is 36.9 Å². The fourth-order valence-corrected chi connectivity index (χ4v) is 2.86. The number of methoxy groups -OCH3 is 2. The van der Waals surface area contributed by atoms with Crippen LogP contribution in [-0.2, 0) is 16.0 Å². The smallest absolute Gasteiger partial charge is 0.305 e. The van der Waals surface area contributed by atoms with E-state index in [2.05, 4.69) is 5.32 Å². The predicted molar refractivity (Wildman–Crippen MR) is 109 cm³/mol. The quantitative estimate of drug-likeness (QED) is 0.600. The Balaban J connectivity index is 2.09. The van der Waals surface area contributed by atoms with E-state index in [0.717, 1.165) is 12.0 Å². The van der Waals surface area contributed by atoms with Gasteiger partial charge in [0.25, 0.3) is 0 Å². The third kappa shape index (κ3) is 6.71. The molecular weight excluding hydrogens is 374 g/mol. The van der Waals surface area contributed by atoms with Crippen LogP contribution in [0.4, 0.5) is 0 Å². The zero-order valence-corrected chi connectivity index (χ0v) is 16.9. The number of carboxylic acids is 1. The Bertz CT molecular complexity index is 819. The van der Waals surface area contributed by atoms with Gasteiger partial charge in [-0.15, -0.1) is 0 Å². The van der Waals surface area contributed by atoms with Crippen molar-refractivity contribution in [1.29, 1.82) is 0 Å². The van der Waals surface area contributed by atoms with Crippen LogP contribution in [0.15, 0.2) is 42.5 Å². The second-order valence-corrected chi connectivity index (χ2v) is 6.50. The first-order valence-electron chi connectivity index (χ1n) is 9.41. The third-order valence-electron chi connectivity index (χ3n) is 4.28. The lowest BCUT2D eigenvalue weighted by Crippen LogP contribution is -2.31. The van der Waals surface area contributed by atoms with Gasteiger partial charge in [0.05, 0.1) is 39.7 Å². The number of amides is 1. The van der Waals surface area contributed by atoms with E-state index >= 15 is 0 Å². The number of hydrogen-bond donors (Lipinski definition) is 2. The molecule has 1 unspecified atom stereocenters. The fraction of sp³-hybridized carbons (Fsp3) is 0.364. The first kappa shape index (κ1) is 22.1. The summed E-state index contributed by atoms with van der Waals surface area (Å²) in [5.74, 6) is 0.539. The topological polar surface area (TPSA) is 94.1 Å². The number of rotatable bonds is 11. The number of ether oxygens (including phenoxy) is 3. The minimum atomic E-state index is -0.993. The molecule has 156 valence electrons. The number of aliphatic carboxylic acids is 1. The summed E-state index contributed by atoms with van der Waals surface area (Å²) in [6.45, 7) is 2.63. The maximum Gasteiger partial charge on any atom is 0.305 e. The summed E-state index contributed by atoms with van der Waals surface area (Å²) in [5, 5.41) is 12.0. The van der Waals surface area contributed by atoms with Crippen LogP contribution in [0.3, 0.4) is 0 Å². The molecule has 2 N–H and O–H groups in total. The molecule has 0 aliphatic carbocycles. The van der Waals surface area contributed by atoms with Crippen LogP contribution in [0.2, 0.25) is 0 Å². The van der Waals surface area contributed by atoms with E-state index in [1.807, 2.05) is 6.92 Å². The Hall–Kier alpha value is -3.22. The summed E-state index contributed by atoms with van der Waals surface area (Å²) in [4.78, 5) is 23.8. The van der Waals surface area contributed by atoms with Gasteiger partial charge in [-0.05, 0) is 41.8 Å². The standard InChI is InChI=1S/C22H27NO6/c1-4-11-29-17-8-6-16(7-9-17)18(14-22(25)26)23-21(24)13-15-5-10-19(27-2)20(12-15)28-3/h5-10,12,18H,4,11,13-14H2,1-3H3,(H,23,24)(H,25,26). The monoisotopic (exact) mass is 401 g/mol. The molecule has 0 aliphatic rings. The maximum atomic E-state index is 12.5. The summed E-state index contributed by atoms with van der Waals surface area (Å²) in [5.41, 5.74) is 1.44. The first-order chi connectivity index (χ1) is 14.0. The van der Waals surface area contributed by atoms with Crippen molar-refractivity contribution in [2.45, 2.75) is 32.2 Å². The highest BCUT2D eigenvalue weighted by molar-refractivity contribution is 5.80. The lowest BCUT2D eigenvalue weighted by atomic mass is 10.0. The average Bonchev–Trinajstić information content (AvgIpc) is 2.71. The SMILES string of the molecule is CCCOc1ccc(C(CC(=O)O)NC(=O)Cc2ccc(OC)c(OC)c2)cc1. The largest absolute Gasteiger partial charge is 0.494 e. The molecule has 0 saturated carbocycles.